The number of hydrogen-bond donors (Lipinski definition) is 1. The van der Waals surface area contributed by atoms with E-state index in [4.69, 9.17) is 4.74 Å². The molecule has 2 heterocycles. The number of hydrogen-bond acceptors (Lipinski definition) is 3. The summed E-state index contributed by atoms with van der Waals surface area (Å²) in [6.07, 6.45) is 0.926. The number of ether oxygens (including phenoxy) is 1. The van der Waals surface area contributed by atoms with Crippen molar-refractivity contribution in [3.8, 4) is 5.75 Å². The standard InChI is InChI=1S/C16H20F2N2O2/c17-13-3-4-15(14(18)6-13)22-5-1-2-16(21)20-9-11-7-19-8-12(11)10-20/h3-4,6,11-12,19H,1-2,5,7-10H2/t11-,12+. The molecule has 0 unspecified atom stereocenters. The molecular weight excluding hydrogens is 290 g/mol. The molecule has 1 N–H and O–H groups in total. The molecule has 1 aromatic carbocycles. The first-order chi connectivity index (χ1) is 10.6. The van der Waals surface area contributed by atoms with Gasteiger partial charge in [0.15, 0.2) is 11.6 Å². The maximum atomic E-state index is 13.4. The predicted molar refractivity (Wildman–Crippen MR) is 77.5 cm³/mol. The van der Waals surface area contributed by atoms with Gasteiger partial charge in [-0.15, -0.1) is 0 Å². The molecule has 2 saturated heterocycles. The van der Waals surface area contributed by atoms with Gasteiger partial charge in [0.2, 0.25) is 5.91 Å². The van der Waals surface area contributed by atoms with Crippen LogP contribution < -0.4 is 10.1 Å². The SMILES string of the molecule is O=C(CCCOc1ccc(F)cc1F)N1C[C@H]2CNC[C@H]2C1. The Labute approximate surface area is 128 Å². The van der Waals surface area contributed by atoms with Crippen molar-refractivity contribution in [1.82, 2.24) is 10.2 Å². The van der Waals surface area contributed by atoms with Gasteiger partial charge < -0.3 is 15.0 Å². The molecule has 0 aliphatic carbocycles. The van der Waals surface area contributed by atoms with Gasteiger partial charge in [-0.25, -0.2) is 8.78 Å². The topological polar surface area (TPSA) is 41.6 Å². The van der Waals surface area contributed by atoms with Gasteiger partial charge in [-0.1, -0.05) is 0 Å². The zero-order valence-corrected chi connectivity index (χ0v) is 12.4. The summed E-state index contributed by atoms with van der Waals surface area (Å²) < 4.78 is 31.4. The van der Waals surface area contributed by atoms with Crippen LogP contribution in [0.5, 0.6) is 5.75 Å². The molecule has 0 radical (unpaired) electrons. The number of nitrogens with one attached hydrogen (secondary N) is 1. The van der Waals surface area contributed by atoms with Crippen LogP contribution in [0.15, 0.2) is 18.2 Å². The first-order valence-corrected chi connectivity index (χ1v) is 7.70. The second kappa shape index (κ2) is 6.60. The Morgan fingerprint density at radius 2 is 2.00 bits per heavy atom. The molecule has 0 saturated carbocycles. The second-order valence-corrected chi connectivity index (χ2v) is 6.00. The van der Waals surface area contributed by atoms with Crippen LogP contribution in [0.4, 0.5) is 8.78 Å². The van der Waals surface area contributed by atoms with E-state index in [1.807, 2.05) is 4.90 Å². The molecule has 2 aliphatic heterocycles. The number of carbonyl (C=O) groups is 1. The molecular formula is C16H20F2N2O2. The lowest BCUT2D eigenvalue weighted by atomic mass is 10.0. The van der Waals surface area contributed by atoms with Crippen LogP contribution in [-0.4, -0.2) is 43.6 Å². The van der Waals surface area contributed by atoms with Gasteiger partial charge in [-0.05, 0) is 30.4 Å². The summed E-state index contributed by atoms with van der Waals surface area (Å²) in [6.45, 7) is 3.92. The number of carbonyl (C=O) groups excluding carboxylic acids is 1. The first-order valence-electron chi connectivity index (χ1n) is 7.70. The summed E-state index contributed by atoms with van der Waals surface area (Å²) in [5.74, 6) is -0.00415. The van der Waals surface area contributed by atoms with Crippen LogP contribution in [0.1, 0.15) is 12.8 Å². The third kappa shape index (κ3) is 3.38. The smallest absolute Gasteiger partial charge is 0.222 e. The Morgan fingerprint density at radius 1 is 1.27 bits per heavy atom. The van der Waals surface area contributed by atoms with E-state index >= 15 is 0 Å². The zero-order chi connectivity index (χ0) is 15.5. The second-order valence-electron chi connectivity index (χ2n) is 6.00. The number of fused-ring (bicyclic) bond motifs is 1. The molecule has 3 rings (SSSR count). The van der Waals surface area contributed by atoms with E-state index in [1.165, 1.54) is 6.07 Å². The zero-order valence-electron chi connectivity index (χ0n) is 12.4. The molecule has 0 bridgehead atoms. The minimum Gasteiger partial charge on any atom is -0.491 e. The van der Waals surface area contributed by atoms with Crippen molar-refractivity contribution in [1.29, 1.82) is 0 Å². The number of halogens is 2. The fourth-order valence-corrected chi connectivity index (χ4v) is 3.21. The van der Waals surface area contributed by atoms with Crippen LogP contribution in [-0.2, 0) is 4.79 Å². The van der Waals surface area contributed by atoms with E-state index < -0.39 is 11.6 Å². The van der Waals surface area contributed by atoms with Crippen molar-refractivity contribution >= 4 is 5.91 Å². The van der Waals surface area contributed by atoms with Crippen molar-refractivity contribution in [3.63, 3.8) is 0 Å². The average molecular weight is 310 g/mol. The molecule has 0 spiro atoms. The minimum absolute atomic E-state index is 0.0237. The van der Waals surface area contributed by atoms with Crippen molar-refractivity contribution in [2.75, 3.05) is 32.8 Å². The van der Waals surface area contributed by atoms with Gasteiger partial charge in [0.25, 0.3) is 0 Å². The Morgan fingerprint density at radius 3 is 2.68 bits per heavy atom. The maximum absolute atomic E-state index is 13.4. The van der Waals surface area contributed by atoms with Gasteiger partial charge in [-0.3, -0.25) is 4.79 Å². The molecule has 1 aromatic rings. The van der Waals surface area contributed by atoms with Crippen LogP contribution in [0, 0.1) is 23.5 Å². The summed E-state index contributed by atoms with van der Waals surface area (Å²) in [5, 5.41) is 3.34. The van der Waals surface area contributed by atoms with E-state index in [2.05, 4.69) is 5.32 Å². The molecule has 120 valence electrons. The fraction of sp³-hybridized carbons (Fsp3) is 0.562. The normalized spacial score (nSPS) is 23.6. The largest absolute Gasteiger partial charge is 0.491 e. The Bertz CT molecular complexity index is 541. The number of likely N-dealkylation sites (tertiary alicyclic amines) is 1. The molecule has 6 heteroatoms. The van der Waals surface area contributed by atoms with Crippen LogP contribution in [0.25, 0.3) is 0 Å². The highest BCUT2D eigenvalue weighted by Gasteiger charge is 2.37. The summed E-state index contributed by atoms with van der Waals surface area (Å²) in [5.41, 5.74) is 0. The predicted octanol–water partition coefficient (Wildman–Crippen LogP) is 1.80. The van der Waals surface area contributed by atoms with Gasteiger partial charge in [0, 0.05) is 38.7 Å². The maximum Gasteiger partial charge on any atom is 0.222 e. The number of nitrogens with zero attached hydrogens (tertiary/aromatic N) is 1. The Balaban J connectivity index is 1.39. The van der Waals surface area contributed by atoms with Crippen LogP contribution >= 0.6 is 0 Å². The minimum atomic E-state index is -0.716. The van der Waals surface area contributed by atoms with Crippen LogP contribution in [0.3, 0.4) is 0 Å². The van der Waals surface area contributed by atoms with E-state index in [0.29, 0.717) is 24.7 Å². The summed E-state index contributed by atoms with van der Waals surface area (Å²) in [7, 11) is 0. The third-order valence-corrected chi connectivity index (χ3v) is 4.43. The van der Waals surface area contributed by atoms with Crippen molar-refractivity contribution < 1.29 is 18.3 Å². The van der Waals surface area contributed by atoms with E-state index in [0.717, 1.165) is 38.3 Å². The summed E-state index contributed by atoms with van der Waals surface area (Å²) >= 11 is 0. The van der Waals surface area contributed by atoms with Gasteiger partial charge in [0.05, 0.1) is 6.61 Å². The van der Waals surface area contributed by atoms with Crippen molar-refractivity contribution in [2.45, 2.75) is 12.8 Å². The number of benzene rings is 1. The highest BCUT2D eigenvalue weighted by atomic mass is 19.1. The number of rotatable bonds is 5. The van der Waals surface area contributed by atoms with E-state index in [-0.39, 0.29) is 18.3 Å². The summed E-state index contributed by atoms with van der Waals surface area (Å²) in [6, 6.07) is 3.21. The van der Waals surface area contributed by atoms with Gasteiger partial charge >= 0.3 is 0 Å². The molecule has 0 aromatic heterocycles. The Kier molecular flexibility index (Phi) is 4.57. The number of amides is 1. The lowest BCUT2D eigenvalue weighted by molar-refractivity contribution is -0.130. The third-order valence-electron chi connectivity index (χ3n) is 4.43. The highest BCUT2D eigenvalue weighted by molar-refractivity contribution is 5.76. The van der Waals surface area contributed by atoms with Crippen molar-refractivity contribution in [3.05, 3.63) is 29.8 Å². The fourth-order valence-electron chi connectivity index (χ4n) is 3.21. The quantitative estimate of drug-likeness (QED) is 0.843. The highest BCUT2D eigenvalue weighted by Crippen LogP contribution is 2.26. The average Bonchev–Trinajstić information content (AvgIpc) is 3.06. The summed E-state index contributed by atoms with van der Waals surface area (Å²) in [4.78, 5) is 14.1. The monoisotopic (exact) mass is 310 g/mol. The first kappa shape index (κ1) is 15.2. The van der Waals surface area contributed by atoms with E-state index in [9.17, 15) is 13.6 Å². The molecule has 1 amide bonds. The van der Waals surface area contributed by atoms with E-state index in [1.54, 1.807) is 0 Å². The lowest BCUT2D eigenvalue weighted by Crippen LogP contribution is -2.31. The van der Waals surface area contributed by atoms with Gasteiger partial charge in [0.1, 0.15) is 5.82 Å². The lowest BCUT2D eigenvalue weighted by Gasteiger charge is -2.17. The molecule has 2 aliphatic rings. The molecule has 2 fully saturated rings. The Hall–Kier alpha value is -1.69. The van der Waals surface area contributed by atoms with Crippen molar-refractivity contribution in [2.24, 2.45) is 11.8 Å². The molecule has 22 heavy (non-hydrogen) atoms. The molecule has 2 atom stereocenters. The van der Waals surface area contributed by atoms with Crippen LogP contribution in [0.2, 0.25) is 0 Å². The molecule has 4 nitrogen and oxygen atoms in total. The van der Waals surface area contributed by atoms with Gasteiger partial charge in [-0.2, -0.15) is 0 Å².